The van der Waals surface area contributed by atoms with Gasteiger partial charge in [-0.2, -0.15) is 5.10 Å². The highest BCUT2D eigenvalue weighted by atomic mass is 19.1. The number of rotatable bonds is 5. The monoisotopic (exact) mass is 289 g/mol. The molecule has 0 bridgehead atoms. The predicted molar refractivity (Wildman–Crippen MR) is 78.2 cm³/mol. The molecule has 0 saturated carbocycles. The topological polar surface area (TPSA) is 41.3 Å². The molecule has 2 unspecified atom stereocenters. The van der Waals surface area contributed by atoms with Crippen molar-refractivity contribution in [2.75, 3.05) is 13.1 Å². The van der Waals surface area contributed by atoms with Gasteiger partial charge in [0.1, 0.15) is 5.82 Å². The zero-order chi connectivity index (χ0) is 14.7. The van der Waals surface area contributed by atoms with Gasteiger partial charge in [-0.3, -0.25) is 9.58 Å². The van der Waals surface area contributed by atoms with Crippen LogP contribution < -0.4 is 0 Å². The minimum atomic E-state index is -0.580. The average molecular weight is 289 g/mol. The second-order valence-corrected chi connectivity index (χ2v) is 5.59. The first-order chi connectivity index (χ1) is 10.2. The molecule has 1 saturated heterocycles. The van der Waals surface area contributed by atoms with Crippen LogP contribution in [-0.4, -0.2) is 38.9 Å². The number of halogens is 1. The molecular weight excluding hydrogens is 269 g/mol. The molecule has 0 aliphatic carbocycles. The Labute approximate surface area is 123 Å². The summed E-state index contributed by atoms with van der Waals surface area (Å²) in [5.41, 5.74) is 0.765. The summed E-state index contributed by atoms with van der Waals surface area (Å²) in [6.07, 6.45) is 5.43. The van der Waals surface area contributed by atoms with Gasteiger partial charge >= 0.3 is 0 Å². The van der Waals surface area contributed by atoms with E-state index in [1.807, 2.05) is 16.9 Å². The fraction of sp³-hybridized carbons (Fsp3) is 0.438. The molecule has 1 aliphatic rings. The van der Waals surface area contributed by atoms with E-state index < -0.39 is 6.10 Å². The van der Waals surface area contributed by atoms with E-state index in [4.69, 9.17) is 0 Å². The molecule has 2 atom stereocenters. The van der Waals surface area contributed by atoms with Gasteiger partial charge in [0.2, 0.25) is 0 Å². The summed E-state index contributed by atoms with van der Waals surface area (Å²) in [5, 5.41) is 14.6. The summed E-state index contributed by atoms with van der Waals surface area (Å²) in [5.74, 6) is -0.274. The molecule has 1 aromatic heterocycles. The summed E-state index contributed by atoms with van der Waals surface area (Å²) in [4.78, 5) is 2.30. The number of hydrogen-bond acceptors (Lipinski definition) is 3. The zero-order valence-corrected chi connectivity index (χ0v) is 11.9. The number of β-amino-alcohol motifs (C(OH)–C–C–N with tert-alkyl or cyclic N) is 1. The van der Waals surface area contributed by atoms with Gasteiger partial charge in [-0.1, -0.05) is 12.1 Å². The normalized spacial score (nSPS) is 20.8. The van der Waals surface area contributed by atoms with Gasteiger partial charge < -0.3 is 5.11 Å². The maximum absolute atomic E-state index is 12.9. The third kappa shape index (κ3) is 3.49. The molecule has 21 heavy (non-hydrogen) atoms. The van der Waals surface area contributed by atoms with Gasteiger partial charge in [0, 0.05) is 25.0 Å². The predicted octanol–water partition coefficient (Wildman–Crippen LogP) is 2.22. The Morgan fingerprint density at radius 1 is 1.33 bits per heavy atom. The molecule has 112 valence electrons. The number of aliphatic hydroxyl groups excluding tert-OH is 1. The Morgan fingerprint density at radius 2 is 2.14 bits per heavy atom. The van der Waals surface area contributed by atoms with Gasteiger partial charge in [-0.05, 0) is 43.1 Å². The van der Waals surface area contributed by atoms with Crippen LogP contribution in [0, 0.1) is 5.82 Å². The first kappa shape index (κ1) is 14.2. The van der Waals surface area contributed by atoms with E-state index in [-0.39, 0.29) is 5.82 Å². The van der Waals surface area contributed by atoms with Crippen LogP contribution in [0.4, 0.5) is 4.39 Å². The van der Waals surface area contributed by atoms with Crippen LogP contribution in [-0.2, 0) is 6.54 Å². The van der Waals surface area contributed by atoms with Crippen LogP contribution in [0.5, 0.6) is 0 Å². The van der Waals surface area contributed by atoms with Crippen LogP contribution in [0.15, 0.2) is 42.7 Å². The molecule has 2 aromatic rings. The fourth-order valence-electron chi connectivity index (χ4n) is 2.98. The van der Waals surface area contributed by atoms with E-state index in [1.165, 1.54) is 12.1 Å². The lowest BCUT2D eigenvalue weighted by Gasteiger charge is -2.27. The van der Waals surface area contributed by atoms with Crippen molar-refractivity contribution in [3.8, 4) is 0 Å². The molecular formula is C16H20FN3O. The third-order valence-electron chi connectivity index (χ3n) is 4.12. The van der Waals surface area contributed by atoms with Crippen molar-refractivity contribution in [1.29, 1.82) is 0 Å². The smallest absolute Gasteiger partial charge is 0.123 e. The van der Waals surface area contributed by atoms with Crippen LogP contribution in [0.2, 0.25) is 0 Å². The zero-order valence-electron chi connectivity index (χ0n) is 11.9. The van der Waals surface area contributed by atoms with Crippen molar-refractivity contribution in [3.05, 3.63) is 54.1 Å². The molecule has 1 fully saturated rings. The van der Waals surface area contributed by atoms with Gasteiger partial charge in [0.15, 0.2) is 0 Å². The molecule has 2 heterocycles. The summed E-state index contributed by atoms with van der Waals surface area (Å²) in [6, 6.07) is 8.41. The average Bonchev–Trinajstić information content (AvgIpc) is 3.13. The molecule has 1 aromatic carbocycles. The number of aromatic nitrogens is 2. The lowest BCUT2D eigenvalue weighted by Crippen LogP contribution is -2.36. The number of nitrogens with zero attached hydrogens (tertiary/aromatic N) is 3. The molecule has 1 aliphatic heterocycles. The molecule has 3 rings (SSSR count). The first-order valence-electron chi connectivity index (χ1n) is 7.37. The minimum absolute atomic E-state index is 0.274. The van der Waals surface area contributed by atoms with Gasteiger partial charge in [0.25, 0.3) is 0 Å². The Kier molecular flexibility index (Phi) is 4.31. The first-order valence-corrected chi connectivity index (χ1v) is 7.37. The van der Waals surface area contributed by atoms with Crippen LogP contribution in [0.3, 0.4) is 0 Å². The Morgan fingerprint density at radius 3 is 2.86 bits per heavy atom. The SMILES string of the molecule is OC(CN1CCCC1Cn1cccn1)c1ccc(F)cc1. The maximum atomic E-state index is 12.9. The number of aliphatic hydroxyl groups is 1. The standard InChI is InChI=1S/C16H20FN3O/c17-14-6-4-13(5-7-14)16(21)12-19-9-1-3-15(19)11-20-10-2-8-18-20/h2,4-8,10,15-16,21H,1,3,9,11-12H2. The lowest BCUT2D eigenvalue weighted by molar-refractivity contribution is 0.100. The fourth-order valence-corrected chi connectivity index (χ4v) is 2.98. The van der Waals surface area contributed by atoms with Crippen molar-refractivity contribution < 1.29 is 9.50 Å². The van der Waals surface area contributed by atoms with Gasteiger partial charge in [-0.25, -0.2) is 4.39 Å². The van der Waals surface area contributed by atoms with Crippen molar-refractivity contribution in [3.63, 3.8) is 0 Å². The van der Waals surface area contributed by atoms with Gasteiger partial charge in [-0.15, -0.1) is 0 Å². The van der Waals surface area contributed by atoms with Gasteiger partial charge in [0.05, 0.1) is 12.6 Å². The van der Waals surface area contributed by atoms with Crippen molar-refractivity contribution in [1.82, 2.24) is 14.7 Å². The highest BCUT2D eigenvalue weighted by molar-refractivity contribution is 5.18. The minimum Gasteiger partial charge on any atom is -0.387 e. The van der Waals surface area contributed by atoms with E-state index in [1.54, 1.807) is 18.3 Å². The molecule has 4 nitrogen and oxygen atoms in total. The van der Waals surface area contributed by atoms with Crippen molar-refractivity contribution in [2.24, 2.45) is 0 Å². The van der Waals surface area contributed by atoms with E-state index in [0.717, 1.165) is 31.5 Å². The summed E-state index contributed by atoms with van der Waals surface area (Å²) >= 11 is 0. The molecule has 0 spiro atoms. The number of benzene rings is 1. The quantitative estimate of drug-likeness (QED) is 0.917. The maximum Gasteiger partial charge on any atom is 0.123 e. The molecule has 5 heteroatoms. The van der Waals surface area contributed by atoms with Crippen molar-refractivity contribution >= 4 is 0 Å². The van der Waals surface area contributed by atoms with E-state index in [0.29, 0.717) is 12.6 Å². The molecule has 1 N–H and O–H groups in total. The van der Waals surface area contributed by atoms with Crippen LogP contribution in [0.1, 0.15) is 24.5 Å². The second kappa shape index (κ2) is 6.37. The van der Waals surface area contributed by atoms with E-state index in [9.17, 15) is 9.50 Å². The Hall–Kier alpha value is -1.72. The number of likely N-dealkylation sites (tertiary alicyclic amines) is 1. The largest absolute Gasteiger partial charge is 0.387 e. The third-order valence-corrected chi connectivity index (χ3v) is 4.12. The Bertz CT molecular complexity index is 555. The second-order valence-electron chi connectivity index (χ2n) is 5.59. The summed E-state index contributed by atoms with van der Waals surface area (Å²) in [7, 11) is 0. The van der Waals surface area contributed by atoms with Crippen molar-refractivity contribution in [2.45, 2.75) is 31.5 Å². The Balaban J connectivity index is 1.61. The summed E-state index contributed by atoms with van der Waals surface area (Å²) < 4.78 is 14.9. The summed E-state index contributed by atoms with van der Waals surface area (Å²) in [6.45, 7) is 2.42. The number of hydrogen-bond donors (Lipinski definition) is 1. The molecule has 0 radical (unpaired) electrons. The lowest BCUT2D eigenvalue weighted by atomic mass is 10.1. The highest BCUT2D eigenvalue weighted by Gasteiger charge is 2.27. The van der Waals surface area contributed by atoms with Crippen LogP contribution >= 0.6 is 0 Å². The van der Waals surface area contributed by atoms with E-state index in [2.05, 4.69) is 10.00 Å². The molecule has 0 amide bonds. The highest BCUT2D eigenvalue weighted by Crippen LogP contribution is 2.23. The van der Waals surface area contributed by atoms with E-state index >= 15 is 0 Å². The van der Waals surface area contributed by atoms with Crippen LogP contribution in [0.25, 0.3) is 0 Å².